The van der Waals surface area contributed by atoms with Crippen LogP contribution < -0.4 is 0 Å². The summed E-state index contributed by atoms with van der Waals surface area (Å²) in [7, 11) is 0. The first-order valence-corrected chi connectivity index (χ1v) is 3.03. The highest BCUT2D eigenvalue weighted by molar-refractivity contribution is 5.22. The van der Waals surface area contributed by atoms with Crippen LogP contribution in [-0.2, 0) is 0 Å². The third-order valence-electron chi connectivity index (χ3n) is 0.983. The molecule has 0 atom stereocenters. The molecule has 0 rings (SSSR count). The molecule has 0 radical (unpaired) electrons. The summed E-state index contributed by atoms with van der Waals surface area (Å²) >= 11 is 0. The van der Waals surface area contributed by atoms with Crippen molar-refractivity contribution < 1.29 is 39.5 Å². The van der Waals surface area contributed by atoms with Crippen LogP contribution in [0.1, 0.15) is 0 Å². The number of rotatable bonds is 1. The molecule has 88 valence electrons. The molecule has 0 aliphatic carbocycles. The number of alkyl halides is 6. The number of allylic oxidation sites excluding steroid dienone is 4. The summed E-state index contributed by atoms with van der Waals surface area (Å²) in [4.78, 5) is 0. The van der Waals surface area contributed by atoms with Gasteiger partial charge in [0.1, 0.15) is 0 Å². The van der Waals surface area contributed by atoms with Gasteiger partial charge >= 0.3 is 12.4 Å². The normalized spacial score (nSPS) is 16.5. The van der Waals surface area contributed by atoms with Crippen molar-refractivity contribution in [2.45, 2.75) is 12.4 Å². The molecule has 0 saturated heterocycles. The molecule has 0 heterocycles. The molecule has 0 aromatic rings. The summed E-state index contributed by atoms with van der Waals surface area (Å²) in [6.45, 7) is 0. The van der Waals surface area contributed by atoms with Crippen molar-refractivity contribution in [3.8, 4) is 0 Å². The van der Waals surface area contributed by atoms with Gasteiger partial charge < -0.3 is 0 Å². The maximum atomic E-state index is 12.0. The second kappa shape index (κ2) is 4.15. The number of halogens is 9. The van der Waals surface area contributed by atoms with Crippen molar-refractivity contribution >= 4 is 0 Å². The van der Waals surface area contributed by atoms with Gasteiger partial charge in [0.05, 0.1) is 0 Å². The van der Waals surface area contributed by atoms with Gasteiger partial charge in [-0.15, -0.1) is 0 Å². The Bertz CT molecular complexity index is 289. The first-order chi connectivity index (χ1) is 6.46. The Morgan fingerprint density at radius 1 is 0.733 bits per heavy atom. The zero-order valence-electron chi connectivity index (χ0n) is 6.48. The maximum Gasteiger partial charge on any atom is 0.445 e. The smallest absolute Gasteiger partial charge is 0.204 e. The Morgan fingerprint density at radius 3 is 1.40 bits per heavy atom. The van der Waals surface area contributed by atoms with E-state index < -0.39 is 35.9 Å². The molecule has 9 heteroatoms. The summed E-state index contributed by atoms with van der Waals surface area (Å²) < 4.78 is 104. The third-order valence-corrected chi connectivity index (χ3v) is 0.983. The molecule has 0 aliphatic heterocycles. The minimum atomic E-state index is -5.80. The lowest BCUT2D eigenvalue weighted by molar-refractivity contribution is -0.113. The maximum absolute atomic E-state index is 12.0. The van der Waals surface area contributed by atoms with Gasteiger partial charge in [0.2, 0.25) is 11.7 Å². The van der Waals surface area contributed by atoms with Crippen molar-refractivity contribution in [1.82, 2.24) is 0 Å². The van der Waals surface area contributed by atoms with Gasteiger partial charge in [-0.3, -0.25) is 0 Å². The molecule has 0 fully saturated rings. The van der Waals surface area contributed by atoms with Crippen molar-refractivity contribution in [1.29, 1.82) is 0 Å². The standard InChI is InChI=1S/C6HF9/c7-2(4(9)6(13,14)15)1-3(8)5(10,11)12/h1H. The van der Waals surface area contributed by atoms with Gasteiger partial charge in [-0.2, -0.15) is 30.7 Å². The van der Waals surface area contributed by atoms with E-state index in [1.54, 1.807) is 0 Å². The molecule has 0 amide bonds. The minimum Gasteiger partial charge on any atom is -0.204 e. The van der Waals surface area contributed by atoms with Crippen LogP contribution in [0.25, 0.3) is 0 Å². The van der Waals surface area contributed by atoms with E-state index in [-0.39, 0.29) is 0 Å². The number of hydrogen-bond donors (Lipinski definition) is 0. The van der Waals surface area contributed by atoms with E-state index in [0.29, 0.717) is 0 Å². The van der Waals surface area contributed by atoms with E-state index in [2.05, 4.69) is 0 Å². The predicted molar refractivity (Wildman–Crippen MR) is 30.5 cm³/mol. The second-order valence-electron chi connectivity index (χ2n) is 2.15. The first kappa shape index (κ1) is 13.8. The van der Waals surface area contributed by atoms with Crippen molar-refractivity contribution in [2.24, 2.45) is 0 Å². The lowest BCUT2D eigenvalue weighted by Crippen LogP contribution is -2.11. The highest BCUT2D eigenvalue weighted by Crippen LogP contribution is 2.33. The zero-order valence-corrected chi connectivity index (χ0v) is 6.48. The predicted octanol–water partition coefficient (Wildman–Crippen LogP) is 4.12. The average molecular weight is 244 g/mol. The largest absolute Gasteiger partial charge is 0.445 e. The Labute approximate surface area is 76.7 Å². The van der Waals surface area contributed by atoms with Gasteiger partial charge in [0.25, 0.3) is 0 Å². The average Bonchev–Trinajstić information content (AvgIpc) is 1.99. The monoisotopic (exact) mass is 244 g/mol. The Balaban J connectivity index is 5.14. The molecule has 0 aromatic carbocycles. The Kier molecular flexibility index (Phi) is 3.83. The summed E-state index contributed by atoms with van der Waals surface area (Å²) in [6.07, 6.45) is -12.7. The van der Waals surface area contributed by atoms with Crippen LogP contribution in [0, 0.1) is 0 Å². The highest BCUT2D eigenvalue weighted by Gasteiger charge is 2.40. The lowest BCUT2D eigenvalue weighted by Gasteiger charge is -2.04. The van der Waals surface area contributed by atoms with Crippen molar-refractivity contribution in [3.05, 3.63) is 23.6 Å². The molecule has 0 spiro atoms. The molecule has 0 unspecified atom stereocenters. The van der Waals surface area contributed by atoms with E-state index in [4.69, 9.17) is 0 Å². The minimum absolute atomic E-state index is 1.22. The van der Waals surface area contributed by atoms with Gasteiger partial charge in [-0.25, -0.2) is 8.78 Å². The van der Waals surface area contributed by atoms with Crippen LogP contribution in [0.5, 0.6) is 0 Å². The van der Waals surface area contributed by atoms with Crippen LogP contribution in [0.4, 0.5) is 39.5 Å². The van der Waals surface area contributed by atoms with Gasteiger partial charge in [0.15, 0.2) is 5.83 Å². The molecule has 0 aliphatic rings. The third kappa shape index (κ3) is 4.26. The molecule has 0 aromatic heterocycles. The molecule has 0 saturated carbocycles. The lowest BCUT2D eigenvalue weighted by atomic mass is 10.3. The van der Waals surface area contributed by atoms with Gasteiger partial charge in [-0.1, -0.05) is 0 Å². The molecule has 0 bridgehead atoms. The van der Waals surface area contributed by atoms with E-state index in [1.807, 2.05) is 0 Å². The number of hydrogen-bond acceptors (Lipinski definition) is 0. The van der Waals surface area contributed by atoms with Crippen LogP contribution in [-0.4, -0.2) is 12.4 Å². The van der Waals surface area contributed by atoms with E-state index in [1.165, 1.54) is 0 Å². The van der Waals surface area contributed by atoms with Crippen LogP contribution >= 0.6 is 0 Å². The first-order valence-electron chi connectivity index (χ1n) is 3.03. The molecular formula is C6HF9. The Hall–Kier alpha value is -1.15. The molecular weight excluding hydrogens is 243 g/mol. The van der Waals surface area contributed by atoms with E-state index in [9.17, 15) is 39.5 Å². The fraction of sp³-hybridized carbons (Fsp3) is 0.333. The SMILES string of the molecule is FC(=CC(F)=C(F)C(F)(F)F)C(F)(F)F. The Morgan fingerprint density at radius 2 is 1.13 bits per heavy atom. The van der Waals surface area contributed by atoms with Crippen LogP contribution in [0.15, 0.2) is 23.6 Å². The van der Waals surface area contributed by atoms with Crippen LogP contribution in [0.2, 0.25) is 0 Å². The topological polar surface area (TPSA) is 0 Å². The van der Waals surface area contributed by atoms with Crippen LogP contribution in [0.3, 0.4) is 0 Å². The summed E-state index contributed by atoms with van der Waals surface area (Å²) in [5, 5.41) is 0. The fourth-order valence-electron chi connectivity index (χ4n) is 0.392. The molecule has 0 nitrogen and oxygen atoms in total. The molecule has 0 N–H and O–H groups in total. The van der Waals surface area contributed by atoms with Gasteiger partial charge in [-0.05, 0) is 0 Å². The zero-order chi connectivity index (χ0) is 12.4. The fourth-order valence-corrected chi connectivity index (χ4v) is 0.392. The van der Waals surface area contributed by atoms with Crippen molar-refractivity contribution in [3.63, 3.8) is 0 Å². The van der Waals surface area contributed by atoms with E-state index in [0.717, 1.165) is 0 Å². The summed E-state index contributed by atoms with van der Waals surface area (Å²) in [5.41, 5.74) is 0. The quantitative estimate of drug-likeness (QED) is 0.480. The van der Waals surface area contributed by atoms with Crippen molar-refractivity contribution in [2.75, 3.05) is 0 Å². The second-order valence-corrected chi connectivity index (χ2v) is 2.15. The van der Waals surface area contributed by atoms with Gasteiger partial charge in [0, 0.05) is 6.08 Å². The summed E-state index contributed by atoms with van der Waals surface area (Å²) in [6, 6.07) is 0. The van der Waals surface area contributed by atoms with E-state index >= 15 is 0 Å². The molecule has 15 heavy (non-hydrogen) atoms. The highest BCUT2D eigenvalue weighted by atomic mass is 19.4. The summed E-state index contributed by atoms with van der Waals surface area (Å²) in [5.74, 6) is -9.57.